The van der Waals surface area contributed by atoms with Gasteiger partial charge in [-0.25, -0.2) is 26.3 Å². The van der Waals surface area contributed by atoms with E-state index in [0.717, 1.165) is 67.8 Å². The molecular weight excluding hydrogens is 820 g/mol. The monoisotopic (exact) mass is 847 g/mol. The summed E-state index contributed by atoms with van der Waals surface area (Å²) in [4.78, 5) is 0. The number of rotatable bonds is 6. The van der Waals surface area contributed by atoms with E-state index in [1.165, 1.54) is 29.3 Å². The largest absolute Gasteiger partial charge is 0.399 e. The molecule has 4 N–H and O–H groups in total. The molecular formula is C42H29Br2F6N3. The molecule has 0 unspecified atom stereocenters. The Hall–Kier alpha value is -5.52. The summed E-state index contributed by atoms with van der Waals surface area (Å²) in [6.07, 6.45) is 0. The van der Waals surface area contributed by atoms with Crippen LogP contribution >= 0.6 is 31.9 Å². The van der Waals surface area contributed by atoms with Crippen LogP contribution in [0, 0.1) is 34.9 Å². The van der Waals surface area contributed by atoms with Crippen LogP contribution in [0.15, 0.2) is 161 Å². The minimum Gasteiger partial charge on any atom is -0.399 e. The van der Waals surface area contributed by atoms with Crippen molar-refractivity contribution < 1.29 is 26.3 Å². The van der Waals surface area contributed by atoms with Crippen molar-refractivity contribution in [3.8, 4) is 22.3 Å². The molecule has 0 spiro atoms. The first-order valence-corrected chi connectivity index (χ1v) is 17.4. The van der Waals surface area contributed by atoms with Gasteiger partial charge in [-0.1, -0.05) is 80.4 Å². The molecule has 0 fully saturated rings. The fraction of sp³-hybridized carbons (Fsp3) is 0. The van der Waals surface area contributed by atoms with Gasteiger partial charge in [0.1, 0.15) is 0 Å². The van der Waals surface area contributed by atoms with E-state index in [2.05, 4.69) is 91.0 Å². The molecule has 0 saturated carbocycles. The van der Waals surface area contributed by atoms with Crippen molar-refractivity contribution in [2.24, 2.45) is 0 Å². The highest BCUT2D eigenvalue weighted by atomic mass is 79.9. The average molecular weight is 850 g/mol. The molecule has 3 nitrogen and oxygen atoms in total. The maximum atomic E-state index is 13.3. The van der Waals surface area contributed by atoms with E-state index in [1.54, 1.807) is 0 Å². The van der Waals surface area contributed by atoms with Gasteiger partial charge in [0, 0.05) is 49.5 Å². The van der Waals surface area contributed by atoms with E-state index in [0.29, 0.717) is 11.4 Å². The van der Waals surface area contributed by atoms with Gasteiger partial charge < -0.3 is 16.4 Å². The van der Waals surface area contributed by atoms with Gasteiger partial charge in [0.15, 0.2) is 34.9 Å². The van der Waals surface area contributed by atoms with Crippen molar-refractivity contribution in [3.63, 3.8) is 0 Å². The van der Waals surface area contributed by atoms with Gasteiger partial charge in [0.25, 0.3) is 0 Å². The van der Waals surface area contributed by atoms with Crippen LogP contribution in [-0.4, -0.2) is 0 Å². The zero-order chi connectivity index (χ0) is 37.9. The lowest BCUT2D eigenvalue weighted by Crippen LogP contribution is -1.93. The maximum absolute atomic E-state index is 13.3. The predicted octanol–water partition coefficient (Wildman–Crippen LogP) is 13.8. The standard InChI is InChI=1S/C24H16F4N2.C12H8Br2.C6H5F2N/c25-21-11-9-19(13-23(21)27)29-17-5-1-15(2-6-17)16-3-7-18(8-4-16)30-20-10-12-22(26)24(28)14-20;13-11-5-1-9(2-6-11)10-3-7-12(14)8-4-10;7-5-2-1-4(9)3-6(5)8/h1-14,29-30H;1-8H;1-3H,9H2. The van der Waals surface area contributed by atoms with E-state index in [-0.39, 0.29) is 5.69 Å². The SMILES string of the molecule is Brc1ccc(-c2ccc(Br)cc2)cc1.Fc1ccc(Nc2ccc(-c3ccc(Nc4ccc(F)c(F)c4)cc3)cc2)cc1F.Nc1ccc(F)c(F)c1. The highest BCUT2D eigenvalue weighted by Gasteiger charge is 2.06. The van der Waals surface area contributed by atoms with Crippen molar-refractivity contribution in [2.75, 3.05) is 16.4 Å². The summed E-state index contributed by atoms with van der Waals surface area (Å²) in [6.45, 7) is 0. The van der Waals surface area contributed by atoms with Gasteiger partial charge in [-0.05, 0) is 113 Å². The Morgan fingerprint density at radius 1 is 0.321 bits per heavy atom. The summed E-state index contributed by atoms with van der Waals surface area (Å²) in [6, 6.07) is 42.1. The molecule has 0 aliphatic rings. The molecule has 0 bridgehead atoms. The van der Waals surface area contributed by atoms with Crippen molar-refractivity contribution in [1.29, 1.82) is 0 Å². The van der Waals surface area contributed by atoms with Gasteiger partial charge in [0.05, 0.1) is 0 Å². The molecule has 7 aromatic rings. The Morgan fingerprint density at radius 2 is 0.604 bits per heavy atom. The number of anilines is 5. The van der Waals surface area contributed by atoms with Gasteiger partial charge in [-0.2, -0.15) is 0 Å². The summed E-state index contributed by atoms with van der Waals surface area (Å²) in [5.41, 5.74) is 12.1. The molecule has 0 aliphatic heterocycles. The lowest BCUT2D eigenvalue weighted by Gasteiger charge is -2.10. The molecule has 0 saturated heterocycles. The fourth-order valence-electron chi connectivity index (χ4n) is 4.77. The van der Waals surface area contributed by atoms with Crippen LogP contribution in [0.2, 0.25) is 0 Å². The van der Waals surface area contributed by atoms with Crippen molar-refractivity contribution in [3.05, 3.63) is 196 Å². The Bertz CT molecular complexity index is 2130. The predicted molar refractivity (Wildman–Crippen MR) is 209 cm³/mol. The number of hydrogen-bond acceptors (Lipinski definition) is 3. The molecule has 0 aromatic heterocycles. The Labute approximate surface area is 319 Å². The summed E-state index contributed by atoms with van der Waals surface area (Å²) >= 11 is 6.84. The molecule has 0 heterocycles. The Kier molecular flexibility index (Phi) is 13.4. The van der Waals surface area contributed by atoms with Crippen molar-refractivity contribution >= 4 is 60.3 Å². The van der Waals surface area contributed by atoms with E-state index < -0.39 is 34.9 Å². The second-order valence-corrected chi connectivity index (χ2v) is 13.2. The third-order valence-corrected chi connectivity index (χ3v) is 8.54. The molecule has 11 heteroatoms. The number of nitrogens with one attached hydrogen (secondary N) is 2. The lowest BCUT2D eigenvalue weighted by atomic mass is 10.0. The third-order valence-electron chi connectivity index (χ3n) is 7.49. The molecule has 268 valence electrons. The van der Waals surface area contributed by atoms with Crippen molar-refractivity contribution in [2.45, 2.75) is 0 Å². The highest BCUT2D eigenvalue weighted by molar-refractivity contribution is 9.10. The van der Waals surface area contributed by atoms with Crippen LogP contribution in [0.25, 0.3) is 22.3 Å². The second-order valence-electron chi connectivity index (χ2n) is 11.3. The van der Waals surface area contributed by atoms with Crippen LogP contribution in [0.4, 0.5) is 54.8 Å². The minimum absolute atomic E-state index is 0.230. The maximum Gasteiger partial charge on any atom is 0.160 e. The molecule has 0 amide bonds. The molecule has 0 atom stereocenters. The molecule has 53 heavy (non-hydrogen) atoms. The Balaban J connectivity index is 0.000000192. The Morgan fingerprint density at radius 3 is 0.906 bits per heavy atom. The topological polar surface area (TPSA) is 50.1 Å². The third kappa shape index (κ3) is 11.5. The van der Waals surface area contributed by atoms with E-state index in [9.17, 15) is 26.3 Å². The van der Waals surface area contributed by atoms with Gasteiger partial charge in [0.2, 0.25) is 0 Å². The number of halogens is 8. The molecule has 0 aliphatic carbocycles. The highest BCUT2D eigenvalue weighted by Crippen LogP contribution is 2.27. The fourth-order valence-corrected chi connectivity index (χ4v) is 5.30. The lowest BCUT2D eigenvalue weighted by molar-refractivity contribution is 0.509. The summed E-state index contributed by atoms with van der Waals surface area (Å²) < 4.78 is 79.1. The minimum atomic E-state index is -0.909. The van der Waals surface area contributed by atoms with Gasteiger partial charge >= 0.3 is 0 Å². The van der Waals surface area contributed by atoms with Crippen LogP contribution in [0.1, 0.15) is 0 Å². The molecule has 0 radical (unpaired) electrons. The second kappa shape index (κ2) is 18.3. The van der Waals surface area contributed by atoms with E-state index in [4.69, 9.17) is 5.73 Å². The first-order valence-electron chi connectivity index (χ1n) is 15.8. The zero-order valence-corrected chi connectivity index (χ0v) is 30.7. The van der Waals surface area contributed by atoms with Crippen LogP contribution < -0.4 is 16.4 Å². The number of nitrogens with two attached hydrogens (primary N) is 1. The number of nitrogen functional groups attached to an aromatic ring is 1. The van der Waals surface area contributed by atoms with Crippen LogP contribution in [0.3, 0.4) is 0 Å². The van der Waals surface area contributed by atoms with E-state index in [1.807, 2.05) is 48.5 Å². The quantitative estimate of drug-likeness (QED) is 0.115. The summed E-state index contributed by atoms with van der Waals surface area (Å²) in [5.74, 6) is -5.38. The normalized spacial score (nSPS) is 10.3. The van der Waals surface area contributed by atoms with Crippen LogP contribution in [0.5, 0.6) is 0 Å². The van der Waals surface area contributed by atoms with Crippen molar-refractivity contribution in [1.82, 2.24) is 0 Å². The van der Waals surface area contributed by atoms with E-state index >= 15 is 0 Å². The first-order chi connectivity index (χ1) is 25.4. The summed E-state index contributed by atoms with van der Waals surface area (Å²) in [7, 11) is 0. The molecule has 7 aromatic carbocycles. The van der Waals surface area contributed by atoms with Gasteiger partial charge in [-0.15, -0.1) is 0 Å². The molecule has 7 rings (SSSR count). The van der Waals surface area contributed by atoms with Gasteiger partial charge in [-0.3, -0.25) is 0 Å². The number of hydrogen-bond donors (Lipinski definition) is 3. The first kappa shape index (κ1) is 38.7. The number of benzene rings is 7. The smallest absolute Gasteiger partial charge is 0.160 e. The van der Waals surface area contributed by atoms with Crippen LogP contribution in [-0.2, 0) is 0 Å². The summed E-state index contributed by atoms with van der Waals surface area (Å²) in [5, 5.41) is 6.04. The average Bonchev–Trinajstić information content (AvgIpc) is 3.15. The zero-order valence-electron chi connectivity index (χ0n) is 27.5.